The Balaban J connectivity index is 1.65. The van der Waals surface area contributed by atoms with Gasteiger partial charge in [0.15, 0.2) is 5.16 Å². The van der Waals surface area contributed by atoms with Gasteiger partial charge in [-0.1, -0.05) is 60.5 Å². The summed E-state index contributed by atoms with van der Waals surface area (Å²) in [4.78, 5) is 33.6. The van der Waals surface area contributed by atoms with E-state index in [-0.39, 0.29) is 11.5 Å². The Bertz CT molecular complexity index is 1140. The maximum atomic E-state index is 13.4. The van der Waals surface area contributed by atoms with Crippen LogP contribution in [0.4, 0.5) is 0 Å². The van der Waals surface area contributed by atoms with E-state index in [4.69, 9.17) is 4.98 Å². The second-order valence-corrected chi connectivity index (χ2v) is 9.68. The zero-order valence-electron chi connectivity index (χ0n) is 17.8. The summed E-state index contributed by atoms with van der Waals surface area (Å²) < 4.78 is 1.64. The fourth-order valence-electron chi connectivity index (χ4n) is 3.89. The van der Waals surface area contributed by atoms with Gasteiger partial charge in [0.1, 0.15) is 4.83 Å². The molecule has 4 rings (SSSR count). The number of benzene rings is 1. The van der Waals surface area contributed by atoms with E-state index >= 15 is 0 Å². The average molecular weight is 454 g/mol. The lowest BCUT2D eigenvalue weighted by Crippen LogP contribution is -2.33. The summed E-state index contributed by atoms with van der Waals surface area (Å²) in [6.07, 6.45) is 6.22. The Hall–Kier alpha value is -2.38. The van der Waals surface area contributed by atoms with Crippen molar-refractivity contribution < 1.29 is 4.79 Å². The zero-order valence-corrected chi connectivity index (χ0v) is 19.4. The third kappa shape index (κ3) is 4.77. The van der Waals surface area contributed by atoms with Gasteiger partial charge >= 0.3 is 0 Å². The molecular formula is C24H27N3O2S2. The number of aromatic nitrogens is 2. The summed E-state index contributed by atoms with van der Waals surface area (Å²) in [5.74, 6) is 0.420. The van der Waals surface area contributed by atoms with Crippen LogP contribution in [-0.4, -0.2) is 39.2 Å². The summed E-state index contributed by atoms with van der Waals surface area (Å²) in [5.41, 5.74) is 3.02. The van der Waals surface area contributed by atoms with Crippen LogP contribution in [-0.2, 0) is 11.3 Å². The largest absolute Gasteiger partial charge is 0.342 e. The first-order valence-electron chi connectivity index (χ1n) is 10.7. The minimum Gasteiger partial charge on any atom is -0.342 e. The lowest BCUT2D eigenvalue weighted by atomic mass is 10.1. The van der Waals surface area contributed by atoms with Crippen molar-refractivity contribution in [2.45, 2.75) is 44.3 Å². The third-order valence-electron chi connectivity index (χ3n) is 5.62. The van der Waals surface area contributed by atoms with E-state index in [1.165, 1.54) is 41.5 Å². The molecule has 0 atom stereocenters. The van der Waals surface area contributed by atoms with Crippen molar-refractivity contribution in [2.24, 2.45) is 0 Å². The molecule has 3 aromatic rings. The zero-order chi connectivity index (χ0) is 21.8. The predicted octanol–water partition coefficient (Wildman–Crippen LogP) is 5.11. The minimum absolute atomic E-state index is 0.0774. The number of likely N-dealkylation sites (tertiary alicyclic amines) is 1. The number of hydrogen-bond donors (Lipinski definition) is 0. The highest BCUT2D eigenvalue weighted by atomic mass is 32.2. The first-order chi connectivity index (χ1) is 15.1. The molecule has 1 aliphatic rings. The molecule has 0 N–H and O–H groups in total. The van der Waals surface area contributed by atoms with Crippen LogP contribution in [0.25, 0.3) is 21.3 Å². The molecule has 1 aliphatic heterocycles. The molecule has 0 spiro atoms. The molecule has 2 aromatic heterocycles. The number of allylic oxidation sites excluding steroid dienone is 1. The van der Waals surface area contributed by atoms with E-state index in [1.807, 2.05) is 41.5 Å². The molecule has 1 aromatic carbocycles. The number of hydrogen-bond acceptors (Lipinski definition) is 5. The number of rotatable bonds is 6. The Kier molecular flexibility index (Phi) is 6.92. The summed E-state index contributed by atoms with van der Waals surface area (Å²) in [6.45, 7) is 7.88. The molecule has 0 radical (unpaired) electrons. The molecule has 1 saturated heterocycles. The Morgan fingerprint density at radius 3 is 2.58 bits per heavy atom. The van der Waals surface area contributed by atoms with Gasteiger partial charge in [-0.2, -0.15) is 0 Å². The van der Waals surface area contributed by atoms with Crippen molar-refractivity contribution in [3.63, 3.8) is 0 Å². The van der Waals surface area contributed by atoms with Crippen molar-refractivity contribution in [3.8, 4) is 11.1 Å². The molecular weight excluding hydrogens is 426 g/mol. The smallest absolute Gasteiger partial charge is 0.263 e. The van der Waals surface area contributed by atoms with E-state index in [2.05, 4.69) is 6.58 Å². The van der Waals surface area contributed by atoms with E-state index in [9.17, 15) is 9.59 Å². The number of amides is 1. The van der Waals surface area contributed by atoms with Gasteiger partial charge in [0, 0.05) is 30.6 Å². The molecule has 0 aliphatic carbocycles. The van der Waals surface area contributed by atoms with Gasteiger partial charge < -0.3 is 4.90 Å². The van der Waals surface area contributed by atoms with Crippen LogP contribution in [0, 0.1) is 6.92 Å². The van der Waals surface area contributed by atoms with Crippen LogP contribution in [0.15, 0.2) is 52.3 Å². The standard InChI is InChI=1S/C24H27N3O2S2/c1-3-12-27-23(29)21-19(18-10-8-17(2)9-11-18)15-30-22(21)25-24(27)31-16-20(28)26-13-6-4-5-7-14-26/h3,8-11,15H,1,4-7,12-14,16H2,2H3. The maximum Gasteiger partial charge on any atom is 0.263 e. The molecule has 1 fully saturated rings. The van der Waals surface area contributed by atoms with Crippen LogP contribution in [0.5, 0.6) is 0 Å². The number of carbonyl (C=O) groups is 1. The van der Waals surface area contributed by atoms with E-state index < -0.39 is 0 Å². The summed E-state index contributed by atoms with van der Waals surface area (Å²) >= 11 is 2.83. The second kappa shape index (κ2) is 9.83. The van der Waals surface area contributed by atoms with Crippen LogP contribution in [0.3, 0.4) is 0 Å². The molecule has 162 valence electrons. The minimum atomic E-state index is -0.0774. The van der Waals surface area contributed by atoms with Crippen LogP contribution in [0.1, 0.15) is 31.2 Å². The van der Waals surface area contributed by atoms with Gasteiger partial charge in [0.25, 0.3) is 5.56 Å². The van der Waals surface area contributed by atoms with Gasteiger partial charge in [-0.05, 0) is 25.3 Å². The number of thioether (sulfide) groups is 1. The SMILES string of the molecule is C=CCn1c(SCC(=O)N2CCCCCC2)nc2scc(-c3ccc(C)cc3)c2c1=O. The quantitative estimate of drug-likeness (QED) is 0.296. The van der Waals surface area contributed by atoms with Gasteiger partial charge in [-0.3, -0.25) is 14.2 Å². The maximum absolute atomic E-state index is 13.4. The van der Waals surface area contributed by atoms with Crippen LogP contribution >= 0.6 is 23.1 Å². The highest BCUT2D eigenvalue weighted by Crippen LogP contribution is 2.32. The molecule has 3 heterocycles. The molecule has 1 amide bonds. The van der Waals surface area contributed by atoms with Crippen molar-refractivity contribution in [1.82, 2.24) is 14.5 Å². The Morgan fingerprint density at radius 2 is 1.90 bits per heavy atom. The fraction of sp³-hybridized carbons (Fsp3) is 0.375. The van der Waals surface area contributed by atoms with Gasteiger partial charge in [0.05, 0.1) is 11.1 Å². The molecule has 0 bridgehead atoms. The summed E-state index contributed by atoms with van der Waals surface area (Å²) in [6, 6.07) is 8.17. The highest BCUT2D eigenvalue weighted by Gasteiger charge is 2.20. The van der Waals surface area contributed by atoms with Crippen molar-refractivity contribution in [3.05, 3.63) is 58.2 Å². The van der Waals surface area contributed by atoms with Crippen molar-refractivity contribution >= 4 is 39.2 Å². The number of thiophene rings is 1. The highest BCUT2D eigenvalue weighted by molar-refractivity contribution is 7.99. The van der Waals surface area contributed by atoms with Gasteiger partial charge in [-0.15, -0.1) is 17.9 Å². The van der Waals surface area contributed by atoms with Crippen molar-refractivity contribution in [2.75, 3.05) is 18.8 Å². The summed E-state index contributed by atoms with van der Waals surface area (Å²) in [5, 5.41) is 3.22. The normalized spacial score (nSPS) is 14.5. The van der Waals surface area contributed by atoms with E-state index in [0.29, 0.717) is 27.7 Å². The number of carbonyl (C=O) groups excluding carboxylic acids is 1. The third-order valence-corrected chi connectivity index (χ3v) is 7.45. The van der Waals surface area contributed by atoms with Gasteiger partial charge in [-0.25, -0.2) is 4.98 Å². The average Bonchev–Trinajstić information content (AvgIpc) is 3.00. The molecule has 7 heteroatoms. The van der Waals surface area contributed by atoms with E-state index in [1.54, 1.807) is 10.6 Å². The van der Waals surface area contributed by atoms with Crippen molar-refractivity contribution in [1.29, 1.82) is 0 Å². The number of nitrogens with zero attached hydrogens (tertiary/aromatic N) is 3. The number of aryl methyl sites for hydroxylation is 1. The second-order valence-electron chi connectivity index (χ2n) is 7.88. The van der Waals surface area contributed by atoms with Crippen LogP contribution in [0.2, 0.25) is 0 Å². The van der Waals surface area contributed by atoms with Gasteiger partial charge in [0.2, 0.25) is 5.91 Å². The number of fused-ring (bicyclic) bond motifs is 1. The first-order valence-corrected chi connectivity index (χ1v) is 12.6. The molecule has 31 heavy (non-hydrogen) atoms. The topological polar surface area (TPSA) is 55.2 Å². The first kappa shape index (κ1) is 21.8. The molecule has 0 saturated carbocycles. The Morgan fingerprint density at radius 1 is 1.19 bits per heavy atom. The van der Waals surface area contributed by atoms with E-state index in [0.717, 1.165) is 37.1 Å². The van der Waals surface area contributed by atoms with Crippen LogP contribution < -0.4 is 5.56 Å². The summed E-state index contributed by atoms with van der Waals surface area (Å²) in [7, 11) is 0. The predicted molar refractivity (Wildman–Crippen MR) is 130 cm³/mol. The Labute approximate surface area is 190 Å². The fourth-order valence-corrected chi connectivity index (χ4v) is 5.79. The lowest BCUT2D eigenvalue weighted by Gasteiger charge is -2.20. The lowest BCUT2D eigenvalue weighted by molar-refractivity contribution is -0.128. The monoisotopic (exact) mass is 453 g/mol. The molecule has 0 unspecified atom stereocenters. The molecule has 5 nitrogen and oxygen atoms in total.